The Labute approximate surface area is 234 Å². The standard InChI is InChI=1S/C30H31F3O8/c1-15(34)40-21-13-20(26(36)38-4)28(2)11-9-19-27(37)41-22(14-29(19,3)25(28)23(21)35)18-10-12-39-24(18)16-5-7-17(8-6-16)30(31,32)33/h5-8,10,12,19-22,25H,9,11,13-14H2,1-4H3/t19-,20-,21-,22-,25-,28-,29-/m0/s1. The number of hydrogen-bond donors (Lipinski definition) is 0. The van der Waals surface area contributed by atoms with Gasteiger partial charge in [-0.05, 0) is 48.3 Å². The summed E-state index contributed by atoms with van der Waals surface area (Å²) >= 11 is 0. The van der Waals surface area contributed by atoms with E-state index in [1.807, 2.05) is 13.8 Å². The number of halogens is 3. The summed E-state index contributed by atoms with van der Waals surface area (Å²) in [4.78, 5) is 52.4. The summed E-state index contributed by atoms with van der Waals surface area (Å²) in [7, 11) is 1.26. The summed E-state index contributed by atoms with van der Waals surface area (Å²) in [6.45, 7) is 4.87. The molecule has 3 aliphatic rings. The van der Waals surface area contributed by atoms with Crippen LogP contribution in [-0.2, 0) is 39.6 Å². The molecular weight excluding hydrogens is 545 g/mol. The Balaban J connectivity index is 1.54. The molecule has 1 saturated heterocycles. The van der Waals surface area contributed by atoms with Gasteiger partial charge < -0.3 is 18.6 Å². The first-order valence-electron chi connectivity index (χ1n) is 13.4. The van der Waals surface area contributed by atoms with Crippen molar-refractivity contribution in [3.63, 3.8) is 0 Å². The third kappa shape index (κ3) is 4.72. The number of rotatable bonds is 4. The molecule has 2 heterocycles. The van der Waals surface area contributed by atoms with Gasteiger partial charge in [-0.2, -0.15) is 13.2 Å². The third-order valence-corrected chi connectivity index (χ3v) is 9.41. The van der Waals surface area contributed by atoms with E-state index >= 15 is 0 Å². The van der Waals surface area contributed by atoms with Gasteiger partial charge in [0.15, 0.2) is 11.9 Å². The lowest BCUT2D eigenvalue weighted by Crippen LogP contribution is -2.64. The fourth-order valence-electron chi connectivity index (χ4n) is 7.61. The fraction of sp³-hybridized carbons (Fsp3) is 0.533. The topological polar surface area (TPSA) is 109 Å². The van der Waals surface area contributed by atoms with Crippen molar-refractivity contribution < 1.29 is 51.0 Å². The van der Waals surface area contributed by atoms with Crippen LogP contribution in [-0.4, -0.2) is 36.9 Å². The molecule has 0 unspecified atom stereocenters. The van der Waals surface area contributed by atoms with Crippen LogP contribution in [0.3, 0.4) is 0 Å². The molecule has 41 heavy (non-hydrogen) atoms. The molecule has 0 spiro atoms. The molecule has 2 aromatic rings. The molecule has 2 saturated carbocycles. The predicted molar refractivity (Wildman–Crippen MR) is 136 cm³/mol. The Morgan fingerprint density at radius 2 is 1.73 bits per heavy atom. The van der Waals surface area contributed by atoms with Crippen LogP contribution in [0.1, 0.15) is 63.7 Å². The van der Waals surface area contributed by atoms with Gasteiger partial charge in [0, 0.05) is 30.4 Å². The maximum atomic E-state index is 14.0. The van der Waals surface area contributed by atoms with Crippen molar-refractivity contribution >= 4 is 23.7 Å². The molecule has 0 amide bonds. The van der Waals surface area contributed by atoms with Gasteiger partial charge >= 0.3 is 24.1 Å². The van der Waals surface area contributed by atoms with Crippen LogP contribution < -0.4 is 0 Å². The van der Waals surface area contributed by atoms with E-state index < -0.39 is 70.4 Å². The van der Waals surface area contributed by atoms with Gasteiger partial charge in [0.05, 0.1) is 30.8 Å². The Hall–Kier alpha value is -3.63. The lowest BCUT2D eigenvalue weighted by atomic mass is 9.43. The number of furan rings is 1. The number of carbonyl (C=O) groups excluding carboxylic acids is 4. The number of ketones is 1. The molecule has 3 fully saturated rings. The first-order valence-corrected chi connectivity index (χ1v) is 13.4. The first-order chi connectivity index (χ1) is 19.2. The second-order valence-corrected chi connectivity index (χ2v) is 11.8. The number of alkyl halides is 3. The van der Waals surface area contributed by atoms with E-state index in [9.17, 15) is 32.3 Å². The number of benzene rings is 1. The van der Waals surface area contributed by atoms with Gasteiger partial charge in [-0.15, -0.1) is 0 Å². The normalized spacial score (nSPS) is 33.3. The molecule has 220 valence electrons. The molecular formula is C30H31F3O8. The Kier molecular flexibility index (Phi) is 7.06. The lowest BCUT2D eigenvalue weighted by Gasteiger charge is -2.61. The van der Waals surface area contributed by atoms with Crippen molar-refractivity contribution in [3.8, 4) is 11.3 Å². The van der Waals surface area contributed by atoms with E-state index in [0.29, 0.717) is 24.0 Å². The maximum Gasteiger partial charge on any atom is 0.416 e. The second kappa shape index (κ2) is 10.0. The highest BCUT2D eigenvalue weighted by Crippen LogP contribution is 2.65. The number of methoxy groups -OCH3 is 1. The minimum Gasteiger partial charge on any atom is -0.469 e. The van der Waals surface area contributed by atoms with Crippen molar-refractivity contribution in [3.05, 3.63) is 47.7 Å². The highest BCUT2D eigenvalue weighted by molar-refractivity contribution is 5.93. The van der Waals surface area contributed by atoms with Crippen molar-refractivity contribution in [1.29, 1.82) is 0 Å². The number of hydrogen-bond acceptors (Lipinski definition) is 8. The monoisotopic (exact) mass is 576 g/mol. The Morgan fingerprint density at radius 1 is 1.05 bits per heavy atom. The van der Waals surface area contributed by atoms with Crippen molar-refractivity contribution in [2.45, 2.75) is 64.8 Å². The molecule has 1 aromatic carbocycles. The third-order valence-electron chi connectivity index (χ3n) is 9.41. The van der Waals surface area contributed by atoms with Crippen molar-refractivity contribution in [2.75, 3.05) is 7.11 Å². The molecule has 0 bridgehead atoms. The summed E-state index contributed by atoms with van der Waals surface area (Å²) in [5.41, 5.74) is -1.86. The Bertz CT molecular complexity index is 1380. The second-order valence-electron chi connectivity index (χ2n) is 11.8. The average molecular weight is 577 g/mol. The van der Waals surface area contributed by atoms with E-state index in [-0.39, 0.29) is 24.4 Å². The van der Waals surface area contributed by atoms with Crippen LogP contribution in [0.2, 0.25) is 0 Å². The smallest absolute Gasteiger partial charge is 0.416 e. The maximum absolute atomic E-state index is 14.0. The molecule has 1 aromatic heterocycles. The zero-order chi connectivity index (χ0) is 29.9. The lowest BCUT2D eigenvalue weighted by molar-refractivity contribution is -0.210. The van der Waals surface area contributed by atoms with Gasteiger partial charge in [0.1, 0.15) is 11.9 Å². The quantitative estimate of drug-likeness (QED) is 0.338. The van der Waals surface area contributed by atoms with Crippen LogP contribution in [0, 0.1) is 28.6 Å². The largest absolute Gasteiger partial charge is 0.469 e. The van der Waals surface area contributed by atoms with Gasteiger partial charge in [-0.3, -0.25) is 19.2 Å². The first kappa shape index (κ1) is 28.9. The summed E-state index contributed by atoms with van der Waals surface area (Å²) in [6.07, 6.45) is -4.23. The van der Waals surface area contributed by atoms with E-state index in [2.05, 4.69) is 0 Å². The predicted octanol–water partition coefficient (Wildman–Crippen LogP) is 5.69. The molecule has 2 aliphatic carbocycles. The summed E-state index contributed by atoms with van der Waals surface area (Å²) in [5.74, 6) is -4.03. The molecule has 7 atom stereocenters. The van der Waals surface area contributed by atoms with Gasteiger partial charge in [-0.25, -0.2) is 0 Å². The molecule has 1 aliphatic heterocycles. The minimum absolute atomic E-state index is 0.00743. The number of Topliss-reactive ketones (excluding diaryl/α,β-unsaturated/α-hetero) is 1. The number of fused-ring (bicyclic) bond motifs is 3. The molecule has 8 nitrogen and oxygen atoms in total. The van der Waals surface area contributed by atoms with E-state index in [4.69, 9.17) is 18.6 Å². The summed E-state index contributed by atoms with van der Waals surface area (Å²) in [6, 6.07) is 6.06. The number of esters is 3. The van der Waals surface area contributed by atoms with E-state index in [1.165, 1.54) is 32.4 Å². The molecule has 11 heteroatoms. The zero-order valence-corrected chi connectivity index (χ0v) is 23.1. The van der Waals surface area contributed by atoms with Crippen LogP contribution in [0.25, 0.3) is 11.3 Å². The van der Waals surface area contributed by atoms with E-state index in [1.54, 1.807) is 6.07 Å². The van der Waals surface area contributed by atoms with Crippen LogP contribution >= 0.6 is 0 Å². The highest BCUT2D eigenvalue weighted by atomic mass is 19.4. The number of cyclic esters (lactones) is 1. The Morgan fingerprint density at radius 3 is 2.34 bits per heavy atom. The molecule has 0 radical (unpaired) electrons. The summed E-state index contributed by atoms with van der Waals surface area (Å²) in [5, 5.41) is 0. The van der Waals surface area contributed by atoms with Gasteiger partial charge in [0.2, 0.25) is 0 Å². The van der Waals surface area contributed by atoms with Crippen molar-refractivity contribution in [2.24, 2.45) is 28.6 Å². The van der Waals surface area contributed by atoms with E-state index in [0.717, 1.165) is 12.1 Å². The van der Waals surface area contributed by atoms with Crippen molar-refractivity contribution in [1.82, 2.24) is 0 Å². The molecule has 0 N–H and O–H groups in total. The zero-order valence-electron chi connectivity index (χ0n) is 23.1. The van der Waals surface area contributed by atoms with Gasteiger partial charge in [0.25, 0.3) is 0 Å². The van der Waals surface area contributed by atoms with Crippen LogP contribution in [0.4, 0.5) is 13.2 Å². The average Bonchev–Trinajstić information content (AvgIpc) is 3.38. The summed E-state index contributed by atoms with van der Waals surface area (Å²) < 4.78 is 61.3. The van der Waals surface area contributed by atoms with Gasteiger partial charge in [-0.1, -0.05) is 26.0 Å². The van der Waals surface area contributed by atoms with Crippen LogP contribution in [0.5, 0.6) is 0 Å². The fourth-order valence-corrected chi connectivity index (χ4v) is 7.61. The molecule has 5 rings (SSSR count). The number of carbonyl (C=O) groups is 4. The highest BCUT2D eigenvalue weighted by Gasteiger charge is 2.68. The SMILES string of the molecule is COC(=O)[C@@H]1C[C@H](OC(C)=O)C(=O)[C@H]2[C@@]1(C)CC[C@H]1C(=O)O[C@H](c3ccoc3-c3ccc(C(F)(F)F)cc3)C[C@]21C. The number of ether oxygens (including phenoxy) is 3. The minimum atomic E-state index is -4.50. The van der Waals surface area contributed by atoms with Crippen LogP contribution in [0.15, 0.2) is 41.0 Å².